The van der Waals surface area contributed by atoms with Crippen LogP contribution in [-0.4, -0.2) is 43.9 Å². The molecule has 52 valence electrons. The summed E-state index contributed by atoms with van der Waals surface area (Å²) in [7, 11) is 0. The molecule has 0 bridgehead atoms. The smallest absolute Gasteiger partial charge is 0.0635 e. The SMILES string of the molecule is C1CN2CNCC2CO1. The van der Waals surface area contributed by atoms with Gasteiger partial charge in [-0.05, 0) is 0 Å². The number of fused-ring (bicyclic) bond motifs is 1. The minimum Gasteiger partial charge on any atom is -0.378 e. The van der Waals surface area contributed by atoms with Gasteiger partial charge < -0.3 is 10.1 Å². The summed E-state index contributed by atoms with van der Waals surface area (Å²) in [6.45, 7) is 5.12. The van der Waals surface area contributed by atoms with Gasteiger partial charge >= 0.3 is 0 Å². The summed E-state index contributed by atoms with van der Waals surface area (Å²) in [5, 5.41) is 3.31. The van der Waals surface area contributed by atoms with Crippen molar-refractivity contribution in [1.29, 1.82) is 0 Å². The predicted molar refractivity (Wildman–Crippen MR) is 34.2 cm³/mol. The molecule has 2 aliphatic heterocycles. The van der Waals surface area contributed by atoms with Crippen molar-refractivity contribution in [3.05, 3.63) is 0 Å². The second kappa shape index (κ2) is 2.25. The summed E-state index contributed by atoms with van der Waals surface area (Å²) < 4.78 is 5.30. The average Bonchev–Trinajstić information content (AvgIpc) is 2.33. The van der Waals surface area contributed by atoms with Crippen LogP contribution in [0.5, 0.6) is 0 Å². The number of ether oxygens (including phenoxy) is 1. The van der Waals surface area contributed by atoms with Gasteiger partial charge in [0.25, 0.3) is 0 Å². The quantitative estimate of drug-likeness (QED) is 0.464. The maximum absolute atomic E-state index is 5.30. The van der Waals surface area contributed by atoms with Crippen molar-refractivity contribution in [2.75, 3.05) is 33.0 Å². The molecule has 0 aromatic heterocycles. The fraction of sp³-hybridized carbons (Fsp3) is 1.00. The molecule has 3 nitrogen and oxygen atoms in total. The topological polar surface area (TPSA) is 24.5 Å². The van der Waals surface area contributed by atoms with Gasteiger partial charge in [-0.3, -0.25) is 4.90 Å². The third-order valence-electron chi connectivity index (χ3n) is 2.04. The van der Waals surface area contributed by atoms with E-state index in [1.54, 1.807) is 0 Å². The Balaban J connectivity index is 1.97. The highest BCUT2D eigenvalue weighted by Crippen LogP contribution is 2.08. The van der Waals surface area contributed by atoms with Crippen LogP contribution in [-0.2, 0) is 4.74 Å². The van der Waals surface area contributed by atoms with Crippen LogP contribution in [0.15, 0.2) is 0 Å². The lowest BCUT2D eigenvalue weighted by molar-refractivity contribution is 0.0161. The Bertz CT molecular complexity index is 95.2. The van der Waals surface area contributed by atoms with Crippen molar-refractivity contribution >= 4 is 0 Å². The lowest BCUT2D eigenvalue weighted by atomic mass is 10.3. The Morgan fingerprint density at radius 3 is 3.44 bits per heavy atom. The van der Waals surface area contributed by atoms with Gasteiger partial charge in [0.1, 0.15) is 0 Å². The van der Waals surface area contributed by atoms with Gasteiger partial charge in [0.15, 0.2) is 0 Å². The van der Waals surface area contributed by atoms with E-state index in [0.717, 1.165) is 33.0 Å². The molecule has 1 N–H and O–H groups in total. The second-order valence-corrected chi connectivity index (χ2v) is 2.65. The highest BCUT2D eigenvalue weighted by atomic mass is 16.5. The first-order valence-corrected chi connectivity index (χ1v) is 3.49. The van der Waals surface area contributed by atoms with Gasteiger partial charge in [-0.15, -0.1) is 0 Å². The monoisotopic (exact) mass is 128 g/mol. The number of nitrogens with zero attached hydrogens (tertiary/aromatic N) is 1. The van der Waals surface area contributed by atoms with Crippen molar-refractivity contribution in [1.82, 2.24) is 10.2 Å². The van der Waals surface area contributed by atoms with Gasteiger partial charge in [0.05, 0.1) is 13.2 Å². The van der Waals surface area contributed by atoms with Crippen molar-refractivity contribution < 1.29 is 4.74 Å². The van der Waals surface area contributed by atoms with Gasteiger partial charge in [-0.25, -0.2) is 0 Å². The van der Waals surface area contributed by atoms with Crippen molar-refractivity contribution in [3.8, 4) is 0 Å². The fourth-order valence-electron chi connectivity index (χ4n) is 1.46. The van der Waals surface area contributed by atoms with E-state index in [1.165, 1.54) is 0 Å². The van der Waals surface area contributed by atoms with Crippen LogP contribution in [0.1, 0.15) is 0 Å². The first kappa shape index (κ1) is 5.65. The zero-order valence-corrected chi connectivity index (χ0v) is 5.47. The molecule has 2 aliphatic rings. The summed E-state index contributed by atoms with van der Waals surface area (Å²) in [5.41, 5.74) is 0. The predicted octanol–water partition coefficient (Wildman–Crippen LogP) is -0.752. The van der Waals surface area contributed by atoms with Gasteiger partial charge in [-0.1, -0.05) is 0 Å². The summed E-state index contributed by atoms with van der Waals surface area (Å²) >= 11 is 0. The van der Waals surface area contributed by atoms with E-state index >= 15 is 0 Å². The van der Waals surface area contributed by atoms with E-state index in [-0.39, 0.29) is 0 Å². The minimum atomic E-state index is 0.666. The molecule has 1 unspecified atom stereocenters. The van der Waals surface area contributed by atoms with Crippen LogP contribution in [0.2, 0.25) is 0 Å². The Kier molecular flexibility index (Phi) is 1.41. The third-order valence-corrected chi connectivity index (χ3v) is 2.04. The third kappa shape index (κ3) is 0.956. The fourth-order valence-corrected chi connectivity index (χ4v) is 1.46. The molecule has 2 heterocycles. The Hall–Kier alpha value is -0.120. The largest absolute Gasteiger partial charge is 0.378 e. The number of rotatable bonds is 0. The lowest BCUT2D eigenvalue weighted by Crippen LogP contribution is -2.41. The number of hydrogen-bond donors (Lipinski definition) is 1. The van der Waals surface area contributed by atoms with E-state index in [4.69, 9.17) is 4.74 Å². The molecule has 0 radical (unpaired) electrons. The van der Waals surface area contributed by atoms with Crippen LogP contribution in [0, 0.1) is 0 Å². The van der Waals surface area contributed by atoms with Crippen LogP contribution < -0.4 is 5.32 Å². The van der Waals surface area contributed by atoms with E-state index in [0.29, 0.717) is 6.04 Å². The van der Waals surface area contributed by atoms with Crippen molar-refractivity contribution in [2.24, 2.45) is 0 Å². The first-order valence-electron chi connectivity index (χ1n) is 3.49. The van der Waals surface area contributed by atoms with Crippen LogP contribution >= 0.6 is 0 Å². The van der Waals surface area contributed by atoms with E-state index < -0.39 is 0 Å². The van der Waals surface area contributed by atoms with Crippen molar-refractivity contribution in [2.45, 2.75) is 6.04 Å². The summed E-state index contributed by atoms with van der Waals surface area (Å²) in [4.78, 5) is 2.43. The van der Waals surface area contributed by atoms with Crippen LogP contribution in [0.4, 0.5) is 0 Å². The zero-order valence-electron chi connectivity index (χ0n) is 5.47. The molecule has 2 saturated heterocycles. The first-order chi connectivity index (χ1) is 4.47. The van der Waals surface area contributed by atoms with Gasteiger partial charge in [-0.2, -0.15) is 0 Å². The highest BCUT2D eigenvalue weighted by molar-refractivity contribution is 4.81. The van der Waals surface area contributed by atoms with Crippen LogP contribution in [0.3, 0.4) is 0 Å². The van der Waals surface area contributed by atoms with E-state index in [1.807, 2.05) is 0 Å². The van der Waals surface area contributed by atoms with Gasteiger partial charge in [0.2, 0.25) is 0 Å². The molecule has 0 aliphatic carbocycles. The normalized spacial score (nSPS) is 36.7. The standard InChI is InChI=1S/C6H12N2O/c1-2-9-4-6-3-7-5-8(1)6/h6-7H,1-5H2. The molecule has 2 fully saturated rings. The maximum atomic E-state index is 5.30. The molecule has 0 aromatic rings. The molecular formula is C6H12N2O. The maximum Gasteiger partial charge on any atom is 0.0635 e. The summed E-state index contributed by atoms with van der Waals surface area (Å²) in [5.74, 6) is 0. The summed E-state index contributed by atoms with van der Waals surface area (Å²) in [6, 6.07) is 0.666. The molecule has 3 heteroatoms. The van der Waals surface area contributed by atoms with E-state index in [9.17, 15) is 0 Å². The average molecular weight is 128 g/mol. The molecule has 0 amide bonds. The van der Waals surface area contributed by atoms with Crippen LogP contribution in [0.25, 0.3) is 0 Å². The molecule has 2 rings (SSSR count). The molecule has 0 saturated carbocycles. The lowest BCUT2D eigenvalue weighted by Gasteiger charge is -2.27. The highest BCUT2D eigenvalue weighted by Gasteiger charge is 2.26. The van der Waals surface area contributed by atoms with Gasteiger partial charge in [0, 0.05) is 25.8 Å². The Morgan fingerprint density at radius 1 is 1.56 bits per heavy atom. The van der Waals surface area contributed by atoms with Crippen molar-refractivity contribution in [3.63, 3.8) is 0 Å². The van der Waals surface area contributed by atoms with E-state index in [2.05, 4.69) is 10.2 Å². The zero-order chi connectivity index (χ0) is 6.10. The summed E-state index contributed by atoms with van der Waals surface area (Å²) in [6.07, 6.45) is 0. The number of morpholine rings is 1. The number of nitrogens with one attached hydrogen (secondary N) is 1. The Labute approximate surface area is 55.0 Å². The minimum absolute atomic E-state index is 0.666. The molecule has 1 atom stereocenters. The molecule has 0 aromatic carbocycles. The second-order valence-electron chi connectivity index (χ2n) is 2.65. The molecule has 9 heavy (non-hydrogen) atoms. The number of hydrogen-bond acceptors (Lipinski definition) is 3. The molecular weight excluding hydrogens is 116 g/mol. The molecule has 0 spiro atoms. The Morgan fingerprint density at radius 2 is 2.56 bits per heavy atom.